The van der Waals surface area contributed by atoms with E-state index in [4.69, 9.17) is 16.3 Å². The van der Waals surface area contributed by atoms with Crippen molar-refractivity contribution in [2.75, 3.05) is 12.4 Å². The third-order valence-corrected chi connectivity index (χ3v) is 4.09. The zero-order chi connectivity index (χ0) is 21.0. The molecule has 0 saturated carbocycles. The van der Waals surface area contributed by atoms with Gasteiger partial charge >= 0.3 is 0 Å². The second kappa shape index (κ2) is 9.79. The van der Waals surface area contributed by atoms with Crippen molar-refractivity contribution in [1.29, 1.82) is 0 Å². The normalized spacial score (nSPS) is 10.1. The minimum Gasteiger partial charge on any atom is -0.481 e. The molecule has 3 N–H and O–H groups in total. The molecule has 0 aliphatic rings. The van der Waals surface area contributed by atoms with Crippen molar-refractivity contribution < 1.29 is 23.1 Å². The third kappa shape index (κ3) is 5.29. The Bertz CT molecular complexity index is 1060. The highest BCUT2D eigenvalue weighted by Crippen LogP contribution is 2.21. The Hall–Kier alpha value is -3.53. The van der Waals surface area contributed by atoms with Gasteiger partial charge in [-0.15, -0.1) is 0 Å². The van der Waals surface area contributed by atoms with Gasteiger partial charge in [0.25, 0.3) is 11.8 Å². The number of hydrogen-bond donors (Lipinski definition) is 3. The quantitative estimate of drug-likeness (QED) is 0.511. The molecule has 0 atom stereocenters. The van der Waals surface area contributed by atoms with Gasteiger partial charge in [-0.05, 0) is 17.7 Å². The monoisotopic (exact) mass is 437 g/mol. The molecule has 0 aliphatic heterocycles. The van der Waals surface area contributed by atoms with Gasteiger partial charge in [0.15, 0.2) is 17.5 Å². The molecule has 11 heteroatoms. The molecule has 8 nitrogen and oxygen atoms in total. The first-order chi connectivity index (χ1) is 13.9. The van der Waals surface area contributed by atoms with Gasteiger partial charge in [-0.25, -0.2) is 13.8 Å². The molecular formula is C19H18ClF2N5O3. The number of methoxy groups -OCH3 is 1. The fourth-order valence-electron chi connectivity index (χ4n) is 2.30. The van der Waals surface area contributed by atoms with Crippen molar-refractivity contribution in [2.45, 2.75) is 14.0 Å². The van der Waals surface area contributed by atoms with Crippen LogP contribution < -0.4 is 15.4 Å². The number of aromatic nitrogens is 3. The number of hydrogen-bond acceptors (Lipinski definition) is 5. The van der Waals surface area contributed by atoms with E-state index in [1.54, 1.807) is 18.3 Å². The summed E-state index contributed by atoms with van der Waals surface area (Å²) in [6.07, 6.45) is 1.56. The van der Waals surface area contributed by atoms with Crippen LogP contribution in [0.25, 0.3) is 0 Å². The summed E-state index contributed by atoms with van der Waals surface area (Å²) in [5.74, 6) is -3.20. The molecule has 0 spiro atoms. The molecule has 2 amide bonds. The highest BCUT2D eigenvalue weighted by atomic mass is 35.5. The van der Waals surface area contributed by atoms with Crippen LogP contribution in [-0.2, 0) is 6.54 Å². The predicted octanol–water partition coefficient (Wildman–Crippen LogP) is 3.56. The number of rotatable bonds is 6. The number of carbonyl (C=O) groups is 2. The van der Waals surface area contributed by atoms with E-state index in [1.165, 1.54) is 13.2 Å². The van der Waals surface area contributed by atoms with Crippen LogP contribution >= 0.6 is 11.6 Å². The van der Waals surface area contributed by atoms with Gasteiger partial charge in [0, 0.05) is 24.9 Å². The van der Waals surface area contributed by atoms with Crippen LogP contribution in [0.15, 0.2) is 36.5 Å². The van der Waals surface area contributed by atoms with Gasteiger partial charge in [-0.2, -0.15) is 5.10 Å². The van der Waals surface area contributed by atoms with Crippen molar-refractivity contribution in [3.05, 3.63) is 70.0 Å². The first kappa shape index (κ1) is 22.8. The number of H-pyrrole nitrogens is 1. The molecule has 3 rings (SSSR count). The van der Waals surface area contributed by atoms with Crippen molar-refractivity contribution in [3.63, 3.8) is 0 Å². The molecular weight excluding hydrogens is 420 g/mol. The number of anilines is 1. The topological polar surface area (TPSA) is 109 Å². The lowest BCUT2D eigenvalue weighted by atomic mass is 10.2. The highest BCUT2D eigenvalue weighted by Gasteiger charge is 2.17. The van der Waals surface area contributed by atoms with Gasteiger partial charge in [0.1, 0.15) is 5.69 Å². The van der Waals surface area contributed by atoms with Crippen LogP contribution in [0.5, 0.6) is 5.88 Å². The summed E-state index contributed by atoms with van der Waals surface area (Å²) < 4.78 is 31.4. The number of pyridine rings is 1. The Morgan fingerprint density at radius 2 is 1.90 bits per heavy atom. The van der Waals surface area contributed by atoms with E-state index in [9.17, 15) is 18.4 Å². The minimum absolute atomic E-state index is 0. The maximum Gasteiger partial charge on any atom is 0.269 e. The summed E-state index contributed by atoms with van der Waals surface area (Å²) in [6.45, 7) is 0.209. The number of halogens is 3. The standard InChI is InChI=1S/C18H14ClF2N5O3.CH4/c1-29-16-3-2-9(7-22-16)8-23-18(28)14-6-15(26-25-14)24-17(27)10-4-12(20)13(21)5-11(10)19;/h2-7H,8H2,1H3,(H,23,28)(H2,24,25,26,27);1H4. The van der Waals surface area contributed by atoms with Crippen LogP contribution in [0, 0.1) is 11.6 Å². The summed E-state index contributed by atoms with van der Waals surface area (Å²) >= 11 is 5.76. The summed E-state index contributed by atoms with van der Waals surface area (Å²) in [5.41, 5.74) is 0.560. The van der Waals surface area contributed by atoms with Crippen molar-refractivity contribution in [2.24, 2.45) is 0 Å². The molecule has 2 heterocycles. The Kier molecular flexibility index (Phi) is 7.43. The van der Waals surface area contributed by atoms with E-state index in [2.05, 4.69) is 25.8 Å². The number of nitrogens with one attached hydrogen (secondary N) is 3. The van der Waals surface area contributed by atoms with Gasteiger partial charge in [0.05, 0.1) is 17.7 Å². The smallest absolute Gasteiger partial charge is 0.269 e. The average molecular weight is 438 g/mol. The van der Waals surface area contributed by atoms with Crippen LogP contribution in [0.3, 0.4) is 0 Å². The largest absolute Gasteiger partial charge is 0.481 e. The summed E-state index contributed by atoms with van der Waals surface area (Å²) in [5, 5.41) is 11.0. The summed E-state index contributed by atoms with van der Waals surface area (Å²) in [7, 11) is 1.50. The maximum atomic E-state index is 13.3. The third-order valence-electron chi connectivity index (χ3n) is 3.78. The predicted molar refractivity (Wildman–Crippen MR) is 107 cm³/mol. The molecule has 0 saturated heterocycles. The Balaban J connectivity index is 0.00000320. The number of carbonyl (C=O) groups excluding carboxylic acids is 2. The molecule has 3 aromatic rings. The molecule has 2 aromatic heterocycles. The molecule has 0 radical (unpaired) electrons. The molecule has 0 aliphatic carbocycles. The van der Waals surface area contributed by atoms with E-state index >= 15 is 0 Å². The Morgan fingerprint density at radius 3 is 2.57 bits per heavy atom. The van der Waals surface area contributed by atoms with Crippen molar-refractivity contribution in [1.82, 2.24) is 20.5 Å². The minimum atomic E-state index is -1.21. The first-order valence-corrected chi connectivity index (χ1v) is 8.53. The van der Waals surface area contributed by atoms with Crippen LogP contribution in [-0.4, -0.2) is 34.1 Å². The number of benzene rings is 1. The second-order valence-corrected chi connectivity index (χ2v) is 6.17. The lowest BCUT2D eigenvalue weighted by Crippen LogP contribution is -2.23. The van der Waals surface area contributed by atoms with Gasteiger partial charge in [-0.1, -0.05) is 25.1 Å². The average Bonchev–Trinajstić information content (AvgIpc) is 3.17. The molecule has 30 heavy (non-hydrogen) atoms. The lowest BCUT2D eigenvalue weighted by Gasteiger charge is -2.05. The van der Waals surface area contributed by atoms with Gasteiger partial charge < -0.3 is 15.4 Å². The van der Waals surface area contributed by atoms with Crippen LogP contribution in [0.4, 0.5) is 14.6 Å². The van der Waals surface area contributed by atoms with E-state index in [-0.39, 0.29) is 36.1 Å². The second-order valence-electron chi connectivity index (χ2n) is 5.76. The van der Waals surface area contributed by atoms with Crippen LogP contribution in [0.2, 0.25) is 5.02 Å². The molecule has 1 aromatic carbocycles. The van der Waals surface area contributed by atoms with Crippen molar-refractivity contribution in [3.8, 4) is 5.88 Å². The maximum absolute atomic E-state index is 13.3. The summed E-state index contributed by atoms with van der Waals surface area (Å²) in [4.78, 5) is 28.4. The van der Waals surface area contributed by atoms with Crippen molar-refractivity contribution >= 4 is 29.2 Å². The Morgan fingerprint density at radius 1 is 1.17 bits per heavy atom. The van der Waals surface area contributed by atoms with E-state index < -0.39 is 23.4 Å². The number of ether oxygens (including phenoxy) is 1. The highest BCUT2D eigenvalue weighted by molar-refractivity contribution is 6.34. The summed E-state index contributed by atoms with van der Waals surface area (Å²) in [6, 6.07) is 6.07. The Labute approximate surface area is 175 Å². The number of aromatic amines is 1. The first-order valence-electron chi connectivity index (χ1n) is 8.16. The molecule has 0 bridgehead atoms. The number of amides is 2. The zero-order valence-electron chi connectivity index (χ0n) is 14.9. The SMILES string of the molecule is C.COc1ccc(CNC(=O)c2cc(NC(=O)c3cc(F)c(F)cc3Cl)n[nH]2)cn1. The molecule has 158 valence electrons. The molecule has 0 fully saturated rings. The van der Waals surface area contributed by atoms with E-state index in [0.717, 1.165) is 5.56 Å². The zero-order valence-corrected chi connectivity index (χ0v) is 15.7. The fraction of sp³-hybridized carbons (Fsp3) is 0.158. The fourth-order valence-corrected chi connectivity index (χ4v) is 2.53. The molecule has 0 unspecified atom stereocenters. The lowest BCUT2D eigenvalue weighted by molar-refractivity contribution is 0.0945. The number of nitrogens with zero attached hydrogens (tertiary/aromatic N) is 2. The van der Waals surface area contributed by atoms with E-state index in [1.807, 2.05) is 0 Å². The van der Waals surface area contributed by atoms with Gasteiger partial charge in [-0.3, -0.25) is 14.7 Å². The van der Waals surface area contributed by atoms with Crippen LogP contribution in [0.1, 0.15) is 33.8 Å². The van der Waals surface area contributed by atoms with E-state index in [0.29, 0.717) is 18.0 Å². The van der Waals surface area contributed by atoms with Gasteiger partial charge in [0.2, 0.25) is 5.88 Å².